The Labute approximate surface area is 86.5 Å². The molecular formula is C13H17N. The number of hydrogen-bond donors (Lipinski definition) is 1. The summed E-state index contributed by atoms with van der Waals surface area (Å²) in [5, 5.41) is 3.23. The minimum absolute atomic E-state index is 0.445. The molecule has 1 N–H and O–H groups in total. The molecule has 0 bridgehead atoms. The van der Waals surface area contributed by atoms with Gasteiger partial charge in [0.2, 0.25) is 0 Å². The molecule has 1 atom stereocenters. The molecule has 14 heavy (non-hydrogen) atoms. The van der Waals surface area contributed by atoms with Crippen LogP contribution < -0.4 is 5.32 Å². The molecular weight excluding hydrogens is 170 g/mol. The molecule has 0 amide bonds. The number of rotatable bonds is 5. The van der Waals surface area contributed by atoms with Crippen LogP contribution in [-0.2, 0) is 6.42 Å². The fourth-order valence-electron chi connectivity index (χ4n) is 1.48. The Balaban J connectivity index is 2.36. The van der Waals surface area contributed by atoms with Crippen molar-refractivity contribution in [3.8, 4) is 12.3 Å². The molecule has 0 heterocycles. The molecule has 0 aliphatic heterocycles. The summed E-state index contributed by atoms with van der Waals surface area (Å²) in [5.74, 6) is 2.69. The Morgan fingerprint density at radius 1 is 1.36 bits per heavy atom. The second-order valence-corrected chi connectivity index (χ2v) is 3.42. The molecule has 0 aromatic heterocycles. The summed E-state index contributed by atoms with van der Waals surface area (Å²) in [4.78, 5) is 0. The van der Waals surface area contributed by atoms with Gasteiger partial charge < -0.3 is 5.32 Å². The molecule has 1 nitrogen and oxygen atoms in total. The zero-order valence-electron chi connectivity index (χ0n) is 8.66. The van der Waals surface area contributed by atoms with Crippen molar-refractivity contribution in [2.75, 3.05) is 7.05 Å². The van der Waals surface area contributed by atoms with Crippen LogP contribution in [0.15, 0.2) is 30.3 Å². The van der Waals surface area contributed by atoms with Crippen LogP contribution in [0.5, 0.6) is 0 Å². The van der Waals surface area contributed by atoms with Crippen LogP contribution in [-0.4, -0.2) is 13.1 Å². The zero-order valence-corrected chi connectivity index (χ0v) is 8.66. The first kappa shape index (κ1) is 10.8. The van der Waals surface area contributed by atoms with Gasteiger partial charge in [0, 0.05) is 12.5 Å². The minimum atomic E-state index is 0.445. The van der Waals surface area contributed by atoms with E-state index in [1.807, 2.05) is 13.1 Å². The Bertz CT molecular complexity index is 284. The fraction of sp³-hybridized carbons (Fsp3) is 0.385. The van der Waals surface area contributed by atoms with Gasteiger partial charge in [-0.25, -0.2) is 0 Å². The SMILES string of the molecule is C#CCC(CCc1ccccc1)NC. The van der Waals surface area contributed by atoms with Gasteiger partial charge in [-0.05, 0) is 25.5 Å². The van der Waals surface area contributed by atoms with Crippen molar-refractivity contribution in [3.63, 3.8) is 0 Å². The standard InChI is InChI=1S/C13H17N/c1-3-7-13(14-2)11-10-12-8-5-4-6-9-12/h1,4-6,8-9,13-14H,7,10-11H2,2H3. The predicted molar refractivity (Wildman–Crippen MR) is 61.1 cm³/mol. The molecule has 0 spiro atoms. The van der Waals surface area contributed by atoms with Crippen LogP contribution in [0, 0.1) is 12.3 Å². The van der Waals surface area contributed by atoms with E-state index in [0.717, 1.165) is 19.3 Å². The maximum Gasteiger partial charge on any atom is 0.0240 e. The molecule has 1 heteroatoms. The van der Waals surface area contributed by atoms with E-state index in [9.17, 15) is 0 Å². The van der Waals surface area contributed by atoms with E-state index < -0.39 is 0 Å². The van der Waals surface area contributed by atoms with Crippen molar-refractivity contribution in [2.45, 2.75) is 25.3 Å². The van der Waals surface area contributed by atoms with Crippen LogP contribution in [0.25, 0.3) is 0 Å². The first-order chi connectivity index (χ1) is 6.86. The maximum atomic E-state index is 5.28. The van der Waals surface area contributed by atoms with Gasteiger partial charge in [0.15, 0.2) is 0 Å². The summed E-state index contributed by atoms with van der Waals surface area (Å²) in [7, 11) is 1.97. The van der Waals surface area contributed by atoms with Gasteiger partial charge >= 0.3 is 0 Å². The van der Waals surface area contributed by atoms with Gasteiger partial charge in [0.1, 0.15) is 0 Å². The summed E-state index contributed by atoms with van der Waals surface area (Å²) in [5.41, 5.74) is 1.38. The monoisotopic (exact) mass is 187 g/mol. The van der Waals surface area contributed by atoms with Crippen LogP contribution in [0.3, 0.4) is 0 Å². The summed E-state index contributed by atoms with van der Waals surface area (Å²) < 4.78 is 0. The maximum absolute atomic E-state index is 5.28. The average molecular weight is 187 g/mol. The van der Waals surface area contributed by atoms with E-state index in [1.165, 1.54) is 5.56 Å². The lowest BCUT2D eigenvalue weighted by Gasteiger charge is -2.12. The Hall–Kier alpha value is -1.26. The summed E-state index contributed by atoms with van der Waals surface area (Å²) >= 11 is 0. The topological polar surface area (TPSA) is 12.0 Å². The molecule has 0 aliphatic carbocycles. The predicted octanol–water partition coefficient (Wildman–Crippen LogP) is 2.23. The lowest BCUT2D eigenvalue weighted by atomic mass is 10.0. The fourth-order valence-corrected chi connectivity index (χ4v) is 1.48. The number of aryl methyl sites for hydroxylation is 1. The highest BCUT2D eigenvalue weighted by Crippen LogP contribution is 2.06. The van der Waals surface area contributed by atoms with E-state index in [1.54, 1.807) is 0 Å². The van der Waals surface area contributed by atoms with Gasteiger partial charge in [0.05, 0.1) is 0 Å². The number of benzene rings is 1. The van der Waals surface area contributed by atoms with Crippen LogP contribution in [0.4, 0.5) is 0 Å². The third kappa shape index (κ3) is 3.64. The van der Waals surface area contributed by atoms with Crippen molar-refractivity contribution in [2.24, 2.45) is 0 Å². The Morgan fingerprint density at radius 2 is 2.07 bits per heavy atom. The molecule has 1 rings (SSSR count). The second-order valence-electron chi connectivity index (χ2n) is 3.42. The van der Waals surface area contributed by atoms with Crippen LogP contribution in [0.2, 0.25) is 0 Å². The summed E-state index contributed by atoms with van der Waals surface area (Å²) in [6.45, 7) is 0. The first-order valence-corrected chi connectivity index (χ1v) is 5.01. The quantitative estimate of drug-likeness (QED) is 0.697. The summed E-state index contributed by atoms with van der Waals surface area (Å²) in [6, 6.07) is 10.9. The van der Waals surface area contributed by atoms with Crippen molar-refractivity contribution < 1.29 is 0 Å². The van der Waals surface area contributed by atoms with E-state index in [0.29, 0.717) is 6.04 Å². The average Bonchev–Trinajstić information content (AvgIpc) is 2.25. The van der Waals surface area contributed by atoms with Gasteiger partial charge in [-0.2, -0.15) is 0 Å². The molecule has 0 saturated heterocycles. The number of terminal acetylenes is 1. The third-order valence-corrected chi connectivity index (χ3v) is 2.40. The highest BCUT2D eigenvalue weighted by Gasteiger charge is 2.03. The number of hydrogen-bond acceptors (Lipinski definition) is 1. The lowest BCUT2D eigenvalue weighted by molar-refractivity contribution is 0.534. The van der Waals surface area contributed by atoms with Gasteiger partial charge in [-0.15, -0.1) is 12.3 Å². The van der Waals surface area contributed by atoms with Crippen molar-refractivity contribution in [3.05, 3.63) is 35.9 Å². The smallest absolute Gasteiger partial charge is 0.0240 e. The zero-order chi connectivity index (χ0) is 10.2. The minimum Gasteiger partial charge on any atom is -0.316 e. The molecule has 0 saturated carbocycles. The Kier molecular flexibility index (Phi) is 4.82. The van der Waals surface area contributed by atoms with Gasteiger partial charge in [-0.1, -0.05) is 30.3 Å². The molecule has 0 radical (unpaired) electrons. The molecule has 1 aromatic carbocycles. The number of nitrogens with one attached hydrogen (secondary N) is 1. The van der Waals surface area contributed by atoms with Crippen LogP contribution >= 0.6 is 0 Å². The summed E-state index contributed by atoms with van der Waals surface area (Å²) in [6.07, 6.45) is 8.29. The van der Waals surface area contributed by atoms with Crippen molar-refractivity contribution in [1.29, 1.82) is 0 Å². The van der Waals surface area contributed by atoms with Gasteiger partial charge in [0.25, 0.3) is 0 Å². The van der Waals surface area contributed by atoms with E-state index in [4.69, 9.17) is 6.42 Å². The van der Waals surface area contributed by atoms with E-state index in [-0.39, 0.29) is 0 Å². The lowest BCUT2D eigenvalue weighted by Crippen LogP contribution is -2.25. The highest BCUT2D eigenvalue weighted by molar-refractivity contribution is 5.14. The molecule has 1 aromatic rings. The van der Waals surface area contributed by atoms with Gasteiger partial charge in [-0.3, -0.25) is 0 Å². The van der Waals surface area contributed by atoms with E-state index >= 15 is 0 Å². The highest BCUT2D eigenvalue weighted by atomic mass is 14.9. The Morgan fingerprint density at radius 3 is 2.64 bits per heavy atom. The van der Waals surface area contributed by atoms with Crippen molar-refractivity contribution >= 4 is 0 Å². The molecule has 0 fully saturated rings. The van der Waals surface area contributed by atoms with Crippen LogP contribution in [0.1, 0.15) is 18.4 Å². The third-order valence-electron chi connectivity index (χ3n) is 2.40. The second kappa shape index (κ2) is 6.23. The molecule has 74 valence electrons. The molecule has 0 aliphatic rings. The largest absolute Gasteiger partial charge is 0.316 e. The van der Waals surface area contributed by atoms with Crippen molar-refractivity contribution in [1.82, 2.24) is 5.32 Å². The normalized spacial score (nSPS) is 12.0. The first-order valence-electron chi connectivity index (χ1n) is 5.01. The van der Waals surface area contributed by atoms with E-state index in [2.05, 4.69) is 35.5 Å². The molecule has 1 unspecified atom stereocenters.